The maximum atomic E-state index is 11.6. The van der Waals surface area contributed by atoms with Crippen molar-refractivity contribution in [2.24, 2.45) is 0 Å². The Labute approximate surface area is 96.9 Å². The van der Waals surface area contributed by atoms with Crippen LogP contribution in [0.2, 0.25) is 0 Å². The SMILES string of the molecule is CCCCNS(=O)(=O)Cc1cccc(N)c1. The first kappa shape index (κ1) is 13.0. The number of nitrogen functional groups attached to an aromatic ring is 1. The molecule has 0 saturated heterocycles. The third kappa shape index (κ3) is 4.63. The summed E-state index contributed by atoms with van der Waals surface area (Å²) in [5.41, 5.74) is 6.88. The van der Waals surface area contributed by atoms with Gasteiger partial charge in [-0.15, -0.1) is 0 Å². The Morgan fingerprint density at radius 1 is 1.38 bits per heavy atom. The molecule has 1 rings (SSSR count). The van der Waals surface area contributed by atoms with Gasteiger partial charge in [0.25, 0.3) is 0 Å². The van der Waals surface area contributed by atoms with Crippen molar-refractivity contribution in [3.05, 3.63) is 29.8 Å². The number of nitrogens with one attached hydrogen (secondary N) is 1. The summed E-state index contributed by atoms with van der Waals surface area (Å²) >= 11 is 0. The molecule has 0 bridgehead atoms. The molecule has 0 heterocycles. The van der Waals surface area contributed by atoms with Gasteiger partial charge in [-0.25, -0.2) is 13.1 Å². The molecule has 0 atom stereocenters. The van der Waals surface area contributed by atoms with Crippen LogP contribution >= 0.6 is 0 Å². The summed E-state index contributed by atoms with van der Waals surface area (Å²) in [6.07, 6.45) is 1.83. The van der Waals surface area contributed by atoms with Crippen LogP contribution in [0.3, 0.4) is 0 Å². The lowest BCUT2D eigenvalue weighted by atomic mass is 10.2. The Bertz CT molecular complexity index is 429. The lowest BCUT2D eigenvalue weighted by Gasteiger charge is -2.06. The van der Waals surface area contributed by atoms with E-state index in [-0.39, 0.29) is 5.75 Å². The highest BCUT2D eigenvalue weighted by Gasteiger charge is 2.10. The smallest absolute Gasteiger partial charge is 0.215 e. The number of sulfonamides is 1. The summed E-state index contributed by atoms with van der Waals surface area (Å²) in [4.78, 5) is 0. The van der Waals surface area contributed by atoms with Crippen LogP contribution in [0.25, 0.3) is 0 Å². The molecule has 0 amide bonds. The van der Waals surface area contributed by atoms with Crippen molar-refractivity contribution in [3.63, 3.8) is 0 Å². The summed E-state index contributed by atoms with van der Waals surface area (Å²) in [6, 6.07) is 6.93. The fourth-order valence-corrected chi connectivity index (χ4v) is 2.53. The van der Waals surface area contributed by atoms with Crippen LogP contribution in [0.1, 0.15) is 25.3 Å². The fraction of sp³-hybridized carbons (Fsp3) is 0.455. The van der Waals surface area contributed by atoms with Gasteiger partial charge >= 0.3 is 0 Å². The minimum atomic E-state index is -3.23. The minimum absolute atomic E-state index is 0.0121. The topological polar surface area (TPSA) is 72.2 Å². The van der Waals surface area contributed by atoms with E-state index in [1.165, 1.54) is 0 Å². The first-order valence-electron chi connectivity index (χ1n) is 5.35. The van der Waals surface area contributed by atoms with Crippen molar-refractivity contribution in [3.8, 4) is 0 Å². The van der Waals surface area contributed by atoms with Gasteiger partial charge in [-0.05, 0) is 24.1 Å². The van der Waals surface area contributed by atoms with Gasteiger partial charge < -0.3 is 5.73 Å². The van der Waals surface area contributed by atoms with E-state index in [0.29, 0.717) is 17.8 Å². The molecule has 0 aliphatic heterocycles. The van der Waals surface area contributed by atoms with E-state index in [9.17, 15) is 8.42 Å². The predicted octanol–water partition coefficient (Wildman–Crippen LogP) is 1.49. The van der Waals surface area contributed by atoms with Crippen molar-refractivity contribution in [2.45, 2.75) is 25.5 Å². The van der Waals surface area contributed by atoms with Crippen molar-refractivity contribution < 1.29 is 8.42 Å². The molecule has 0 aromatic heterocycles. The van der Waals surface area contributed by atoms with E-state index in [0.717, 1.165) is 12.8 Å². The molecule has 1 aromatic rings. The molecule has 90 valence electrons. The zero-order valence-corrected chi connectivity index (χ0v) is 10.3. The minimum Gasteiger partial charge on any atom is -0.399 e. The van der Waals surface area contributed by atoms with Gasteiger partial charge in [-0.2, -0.15) is 0 Å². The number of nitrogens with two attached hydrogens (primary N) is 1. The van der Waals surface area contributed by atoms with E-state index in [1.807, 2.05) is 6.92 Å². The Balaban J connectivity index is 2.59. The van der Waals surface area contributed by atoms with Crippen molar-refractivity contribution in [1.82, 2.24) is 4.72 Å². The van der Waals surface area contributed by atoms with Gasteiger partial charge in [0.15, 0.2) is 0 Å². The molecule has 3 N–H and O–H groups in total. The lowest BCUT2D eigenvalue weighted by molar-refractivity contribution is 0.577. The standard InChI is InChI=1S/C11H18N2O2S/c1-2-3-7-13-16(14,15)9-10-5-4-6-11(12)8-10/h4-6,8,13H,2-3,7,9,12H2,1H3. The molecular weight excluding hydrogens is 224 g/mol. The van der Waals surface area contributed by atoms with Gasteiger partial charge in [-0.3, -0.25) is 0 Å². The van der Waals surface area contributed by atoms with Gasteiger partial charge in [0.2, 0.25) is 10.0 Å². The van der Waals surface area contributed by atoms with Gasteiger partial charge in [0.05, 0.1) is 5.75 Å². The van der Waals surface area contributed by atoms with Crippen LogP contribution in [-0.4, -0.2) is 15.0 Å². The number of anilines is 1. The second-order valence-electron chi connectivity index (χ2n) is 3.75. The van der Waals surface area contributed by atoms with Crippen LogP contribution in [0.5, 0.6) is 0 Å². The third-order valence-corrected chi connectivity index (χ3v) is 3.52. The molecule has 5 heteroatoms. The highest BCUT2D eigenvalue weighted by Crippen LogP contribution is 2.09. The molecule has 0 unspecified atom stereocenters. The number of rotatable bonds is 6. The van der Waals surface area contributed by atoms with Crippen molar-refractivity contribution in [1.29, 1.82) is 0 Å². The van der Waals surface area contributed by atoms with Crippen molar-refractivity contribution >= 4 is 15.7 Å². The molecule has 0 spiro atoms. The van der Waals surface area contributed by atoms with Crippen molar-refractivity contribution in [2.75, 3.05) is 12.3 Å². The molecule has 0 saturated carbocycles. The molecule has 0 fully saturated rings. The average molecular weight is 242 g/mol. The van der Waals surface area contributed by atoms with E-state index >= 15 is 0 Å². The summed E-state index contributed by atoms with van der Waals surface area (Å²) in [5.74, 6) is -0.0121. The van der Waals surface area contributed by atoms with Crippen LogP contribution in [0.4, 0.5) is 5.69 Å². The molecule has 1 aromatic carbocycles. The normalized spacial score (nSPS) is 11.6. The number of hydrogen-bond donors (Lipinski definition) is 2. The Hall–Kier alpha value is -1.07. The monoisotopic (exact) mass is 242 g/mol. The molecule has 16 heavy (non-hydrogen) atoms. The van der Waals surface area contributed by atoms with E-state index < -0.39 is 10.0 Å². The molecule has 0 aliphatic rings. The van der Waals surface area contributed by atoms with Crippen LogP contribution in [0.15, 0.2) is 24.3 Å². The molecule has 0 aliphatic carbocycles. The highest BCUT2D eigenvalue weighted by molar-refractivity contribution is 7.88. The number of benzene rings is 1. The fourth-order valence-electron chi connectivity index (χ4n) is 1.36. The Kier molecular flexibility index (Phi) is 4.76. The van der Waals surface area contributed by atoms with Crippen LogP contribution < -0.4 is 10.5 Å². The van der Waals surface area contributed by atoms with Gasteiger partial charge in [0, 0.05) is 12.2 Å². The largest absolute Gasteiger partial charge is 0.399 e. The van der Waals surface area contributed by atoms with Crippen LogP contribution in [-0.2, 0) is 15.8 Å². The quantitative estimate of drug-likeness (QED) is 0.586. The van der Waals surface area contributed by atoms with E-state index in [2.05, 4.69) is 4.72 Å². The zero-order valence-electron chi connectivity index (χ0n) is 9.44. The summed E-state index contributed by atoms with van der Waals surface area (Å²) in [7, 11) is -3.23. The van der Waals surface area contributed by atoms with Gasteiger partial charge in [0.1, 0.15) is 0 Å². The highest BCUT2D eigenvalue weighted by atomic mass is 32.2. The first-order chi connectivity index (χ1) is 7.53. The van der Waals surface area contributed by atoms with Crippen LogP contribution in [0, 0.1) is 0 Å². The van der Waals surface area contributed by atoms with E-state index in [1.54, 1.807) is 24.3 Å². The number of hydrogen-bond acceptors (Lipinski definition) is 3. The molecule has 0 radical (unpaired) electrons. The second-order valence-corrected chi connectivity index (χ2v) is 5.56. The number of unbranched alkanes of at least 4 members (excludes halogenated alkanes) is 1. The molecular formula is C11H18N2O2S. The Morgan fingerprint density at radius 2 is 2.12 bits per heavy atom. The van der Waals surface area contributed by atoms with Gasteiger partial charge in [-0.1, -0.05) is 25.5 Å². The summed E-state index contributed by atoms with van der Waals surface area (Å²) in [6.45, 7) is 2.52. The third-order valence-electron chi connectivity index (χ3n) is 2.16. The predicted molar refractivity (Wildman–Crippen MR) is 66.4 cm³/mol. The summed E-state index contributed by atoms with van der Waals surface area (Å²) < 4.78 is 25.8. The first-order valence-corrected chi connectivity index (χ1v) is 7.00. The second kappa shape index (κ2) is 5.86. The van der Waals surface area contributed by atoms with E-state index in [4.69, 9.17) is 5.73 Å². The maximum absolute atomic E-state index is 11.6. The molecule has 4 nitrogen and oxygen atoms in total. The lowest BCUT2D eigenvalue weighted by Crippen LogP contribution is -2.26. The Morgan fingerprint density at radius 3 is 2.75 bits per heavy atom. The average Bonchev–Trinajstić information content (AvgIpc) is 2.17. The zero-order chi connectivity index (χ0) is 12.0. The maximum Gasteiger partial charge on any atom is 0.215 e. The summed E-state index contributed by atoms with van der Waals surface area (Å²) in [5, 5.41) is 0.